The molecule has 3 atom stereocenters. The minimum Gasteiger partial charge on any atom is -0.269 e. The molecule has 2 heteroatoms. The van der Waals surface area contributed by atoms with Crippen LogP contribution in [0.2, 0.25) is 0 Å². The van der Waals surface area contributed by atoms with Gasteiger partial charge in [-0.2, -0.15) is 0 Å². The molecule has 1 fully saturated rings. The quantitative estimate of drug-likeness (QED) is 0.700. The Hall–Kier alpha value is -0.920. The van der Waals surface area contributed by atoms with Crippen LogP contribution in [0, 0.1) is 0 Å². The van der Waals surface area contributed by atoms with Crippen molar-refractivity contribution in [2.24, 2.45) is 0 Å². The fourth-order valence-electron chi connectivity index (χ4n) is 2.49. The van der Waals surface area contributed by atoms with Crippen LogP contribution >= 0.6 is 0 Å². The van der Waals surface area contributed by atoms with Crippen molar-refractivity contribution in [1.29, 1.82) is 0 Å². The fraction of sp³-hybridized carbons (Fsp3) is 0.600. The molecule has 96 valence electrons. The summed E-state index contributed by atoms with van der Waals surface area (Å²) in [6.45, 7) is 6.16. The zero-order valence-corrected chi connectivity index (χ0v) is 10.9. The molecule has 0 heterocycles. The second-order valence-corrected chi connectivity index (χ2v) is 5.35. The number of hydrogen-bond donors (Lipinski definition) is 0. The zero-order valence-electron chi connectivity index (χ0n) is 10.9. The highest BCUT2D eigenvalue weighted by atomic mass is 19.1. The molecule has 0 spiro atoms. The van der Waals surface area contributed by atoms with E-state index in [4.69, 9.17) is 0 Å². The molecular formula is C15H22F2. The summed E-state index contributed by atoms with van der Waals surface area (Å²) in [5, 5.41) is 0. The normalized spacial score (nSPS) is 29.1. The Balaban J connectivity index is 0.00000144. The standard InChI is InChI=1S/C15H21F.FH/c1-4-11(2)12-5-7-13(8-6-12)14-9-10-15(14,3)16;/h5-8,11,14H,4,9-10H2,1-3H3;1H. The third-order valence-corrected chi connectivity index (χ3v) is 4.17. The molecule has 0 nitrogen and oxygen atoms in total. The first-order chi connectivity index (χ1) is 7.54. The third kappa shape index (κ3) is 2.67. The zero-order chi connectivity index (χ0) is 11.8. The number of rotatable bonds is 3. The van der Waals surface area contributed by atoms with Crippen LogP contribution in [0.4, 0.5) is 9.09 Å². The number of alkyl halides is 1. The van der Waals surface area contributed by atoms with Crippen LogP contribution in [0.5, 0.6) is 0 Å². The van der Waals surface area contributed by atoms with Crippen LogP contribution in [0.3, 0.4) is 0 Å². The Morgan fingerprint density at radius 2 is 1.94 bits per heavy atom. The maximum atomic E-state index is 13.9. The number of halogens is 2. The maximum Gasteiger partial charge on any atom is 0.115 e. The molecule has 1 saturated carbocycles. The van der Waals surface area contributed by atoms with E-state index in [1.54, 1.807) is 6.92 Å². The molecule has 1 aliphatic carbocycles. The van der Waals surface area contributed by atoms with Crippen molar-refractivity contribution < 1.29 is 9.09 Å². The molecule has 0 radical (unpaired) electrons. The van der Waals surface area contributed by atoms with Gasteiger partial charge in [0.25, 0.3) is 0 Å². The molecule has 1 aromatic carbocycles. The summed E-state index contributed by atoms with van der Waals surface area (Å²) in [6.07, 6.45) is 2.87. The molecule has 2 rings (SSSR count). The van der Waals surface area contributed by atoms with Crippen LogP contribution in [0.1, 0.15) is 63.0 Å². The van der Waals surface area contributed by atoms with Gasteiger partial charge in [0.1, 0.15) is 5.67 Å². The van der Waals surface area contributed by atoms with Crippen molar-refractivity contribution in [2.75, 3.05) is 0 Å². The molecule has 0 amide bonds. The highest BCUT2D eigenvalue weighted by molar-refractivity contribution is 5.31. The first-order valence-corrected chi connectivity index (χ1v) is 6.33. The summed E-state index contributed by atoms with van der Waals surface area (Å²) < 4.78 is 13.9. The Morgan fingerprint density at radius 3 is 2.29 bits per heavy atom. The minimum absolute atomic E-state index is 0. The second kappa shape index (κ2) is 5.16. The van der Waals surface area contributed by atoms with Crippen molar-refractivity contribution in [3.8, 4) is 0 Å². The molecule has 17 heavy (non-hydrogen) atoms. The molecular weight excluding hydrogens is 218 g/mol. The van der Waals surface area contributed by atoms with Crippen LogP contribution in [0.15, 0.2) is 24.3 Å². The van der Waals surface area contributed by atoms with Gasteiger partial charge >= 0.3 is 0 Å². The van der Waals surface area contributed by atoms with E-state index in [1.807, 2.05) is 0 Å². The van der Waals surface area contributed by atoms with Crippen molar-refractivity contribution in [3.63, 3.8) is 0 Å². The predicted molar refractivity (Wildman–Crippen MR) is 69.1 cm³/mol. The van der Waals surface area contributed by atoms with Gasteiger partial charge in [0.05, 0.1) is 0 Å². The van der Waals surface area contributed by atoms with Crippen molar-refractivity contribution >= 4 is 0 Å². The predicted octanol–water partition coefficient (Wildman–Crippen LogP) is 4.96. The Kier molecular flexibility index (Phi) is 4.29. The molecule has 0 bridgehead atoms. The summed E-state index contributed by atoms with van der Waals surface area (Å²) in [4.78, 5) is 0. The average molecular weight is 240 g/mol. The van der Waals surface area contributed by atoms with E-state index >= 15 is 0 Å². The van der Waals surface area contributed by atoms with Crippen LogP contribution in [-0.2, 0) is 0 Å². The highest BCUT2D eigenvalue weighted by Gasteiger charge is 2.43. The Morgan fingerprint density at radius 1 is 1.35 bits per heavy atom. The Labute approximate surface area is 103 Å². The molecule has 3 unspecified atom stereocenters. The van der Waals surface area contributed by atoms with Gasteiger partial charge in [-0.3, -0.25) is 4.70 Å². The first-order valence-electron chi connectivity index (χ1n) is 6.33. The van der Waals surface area contributed by atoms with E-state index in [1.165, 1.54) is 11.1 Å². The van der Waals surface area contributed by atoms with E-state index in [2.05, 4.69) is 38.1 Å². The molecule has 1 aromatic rings. The van der Waals surface area contributed by atoms with Crippen LogP contribution < -0.4 is 0 Å². The van der Waals surface area contributed by atoms with E-state index in [9.17, 15) is 4.39 Å². The molecule has 0 aromatic heterocycles. The number of benzene rings is 1. The van der Waals surface area contributed by atoms with E-state index < -0.39 is 5.67 Å². The summed E-state index contributed by atoms with van der Waals surface area (Å²) >= 11 is 0. The van der Waals surface area contributed by atoms with Gasteiger partial charge in [0, 0.05) is 5.92 Å². The van der Waals surface area contributed by atoms with E-state index in [0.717, 1.165) is 12.8 Å². The molecule has 0 saturated heterocycles. The summed E-state index contributed by atoms with van der Waals surface area (Å²) in [6, 6.07) is 8.56. The average Bonchev–Trinajstić information content (AvgIpc) is 2.28. The topological polar surface area (TPSA) is 0 Å². The Bertz CT molecular complexity index is 354. The van der Waals surface area contributed by atoms with Gasteiger partial charge in [-0.25, -0.2) is 4.39 Å². The van der Waals surface area contributed by atoms with Crippen molar-refractivity contribution in [1.82, 2.24) is 0 Å². The van der Waals surface area contributed by atoms with Gasteiger partial charge < -0.3 is 0 Å². The van der Waals surface area contributed by atoms with E-state index in [0.29, 0.717) is 12.3 Å². The van der Waals surface area contributed by atoms with Gasteiger partial charge in [-0.1, -0.05) is 38.1 Å². The van der Waals surface area contributed by atoms with Crippen LogP contribution in [0.25, 0.3) is 0 Å². The lowest BCUT2D eigenvalue weighted by molar-refractivity contribution is 0.0513. The van der Waals surface area contributed by atoms with Gasteiger partial charge in [0.15, 0.2) is 0 Å². The molecule has 0 N–H and O–H groups in total. The highest BCUT2D eigenvalue weighted by Crippen LogP contribution is 2.48. The lowest BCUT2D eigenvalue weighted by Crippen LogP contribution is -2.37. The van der Waals surface area contributed by atoms with Gasteiger partial charge in [-0.15, -0.1) is 0 Å². The summed E-state index contributed by atoms with van der Waals surface area (Å²) in [5.41, 5.74) is 1.56. The largest absolute Gasteiger partial charge is 0.269 e. The minimum atomic E-state index is -0.974. The monoisotopic (exact) mass is 240 g/mol. The lowest BCUT2D eigenvalue weighted by atomic mass is 9.68. The van der Waals surface area contributed by atoms with Crippen molar-refractivity contribution in [2.45, 2.75) is 57.5 Å². The maximum absolute atomic E-state index is 13.9. The van der Waals surface area contributed by atoms with Crippen molar-refractivity contribution in [3.05, 3.63) is 35.4 Å². The smallest absolute Gasteiger partial charge is 0.115 e. The lowest BCUT2D eigenvalue weighted by Gasteiger charge is -2.40. The van der Waals surface area contributed by atoms with E-state index in [-0.39, 0.29) is 10.6 Å². The van der Waals surface area contributed by atoms with Gasteiger partial charge in [0.2, 0.25) is 0 Å². The molecule has 0 aliphatic heterocycles. The summed E-state index contributed by atoms with van der Waals surface area (Å²) in [5.74, 6) is 0.727. The van der Waals surface area contributed by atoms with Gasteiger partial charge in [-0.05, 0) is 43.2 Å². The molecule has 1 aliphatic rings. The summed E-state index contributed by atoms with van der Waals surface area (Å²) in [7, 11) is 0. The first kappa shape index (κ1) is 14.1. The fourth-order valence-corrected chi connectivity index (χ4v) is 2.49. The van der Waals surface area contributed by atoms with Crippen LogP contribution in [-0.4, -0.2) is 5.67 Å². The second-order valence-electron chi connectivity index (χ2n) is 5.35. The number of hydrogen-bond acceptors (Lipinski definition) is 0. The SMILES string of the molecule is CCC(C)c1ccc(C2CCC2(C)F)cc1.F. The third-order valence-electron chi connectivity index (χ3n) is 4.17.